The van der Waals surface area contributed by atoms with Crippen LogP contribution in [-0.2, 0) is 6.54 Å². The van der Waals surface area contributed by atoms with Gasteiger partial charge in [0.15, 0.2) is 0 Å². The van der Waals surface area contributed by atoms with Gasteiger partial charge < -0.3 is 16.3 Å². The lowest BCUT2D eigenvalue weighted by molar-refractivity contribution is 0.468. The molecule has 0 amide bonds. The molecule has 0 aliphatic heterocycles. The van der Waals surface area contributed by atoms with Gasteiger partial charge in [-0.25, -0.2) is 0 Å². The molecule has 0 atom stereocenters. The molecule has 3 heteroatoms. The molecule has 5 N–H and O–H groups in total. The third-order valence-electron chi connectivity index (χ3n) is 1.21. The van der Waals surface area contributed by atoms with Crippen molar-refractivity contribution in [3.05, 3.63) is 29.8 Å². The monoisotopic (exact) mass is 141 g/mol. The lowest BCUT2D eigenvalue weighted by atomic mass is 10.2. The fraction of sp³-hybridized carbons (Fsp3) is 0.143. The molecule has 0 saturated heterocycles. The van der Waals surface area contributed by atoms with Crippen molar-refractivity contribution in [1.29, 1.82) is 0 Å². The number of rotatable bonds is 1. The maximum absolute atomic E-state index is 9.03. The average molecular weight is 141 g/mol. The van der Waals surface area contributed by atoms with Gasteiger partial charge in [0.2, 0.25) is 0 Å². The summed E-state index contributed by atoms with van der Waals surface area (Å²) in [4.78, 5) is 0. The van der Waals surface area contributed by atoms with E-state index in [1.807, 2.05) is 6.07 Å². The molecule has 1 rings (SSSR count). The van der Waals surface area contributed by atoms with Gasteiger partial charge in [-0.15, -0.1) is 0 Å². The zero-order valence-corrected chi connectivity index (χ0v) is 5.54. The minimum Gasteiger partial charge on any atom is -0.508 e. The van der Waals surface area contributed by atoms with Crippen LogP contribution in [0, 0.1) is 0 Å². The summed E-state index contributed by atoms with van der Waals surface area (Å²) in [6, 6.07) is 7.05. The molecule has 0 unspecified atom stereocenters. The topological polar surface area (TPSA) is 77.8 Å². The molecule has 10 heavy (non-hydrogen) atoms. The molecule has 1 aromatic rings. The number of phenols is 1. The minimum atomic E-state index is 0. The van der Waals surface area contributed by atoms with E-state index in [4.69, 9.17) is 10.8 Å². The highest BCUT2D eigenvalue weighted by atomic mass is 16.3. The van der Waals surface area contributed by atoms with E-state index < -0.39 is 0 Å². The van der Waals surface area contributed by atoms with Gasteiger partial charge in [-0.1, -0.05) is 18.2 Å². The van der Waals surface area contributed by atoms with Crippen molar-refractivity contribution in [2.45, 2.75) is 6.54 Å². The molecule has 0 spiro atoms. The predicted molar refractivity (Wildman–Crippen MR) is 39.6 cm³/mol. The molecule has 0 aliphatic carbocycles. The summed E-state index contributed by atoms with van der Waals surface area (Å²) < 4.78 is 0. The smallest absolute Gasteiger partial charge is 0.120 e. The van der Waals surface area contributed by atoms with Crippen molar-refractivity contribution < 1.29 is 10.6 Å². The van der Waals surface area contributed by atoms with Crippen molar-refractivity contribution in [3.8, 4) is 5.75 Å². The highest BCUT2D eigenvalue weighted by Gasteiger charge is 1.92. The van der Waals surface area contributed by atoms with Gasteiger partial charge in [0.1, 0.15) is 5.75 Å². The lowest BCUT2D eigenvalue weighted by Gasteiger charge is -1.97. The van der Waals surface area contributed by atoms with Crippen LogP contribution in [0.3, 0.4) is 0 Å². The first-order valence-corrected chi connectivity index (χ1v) is 2.81. The Bertz CT molecular complexity index is 201. The number of hydrogen-bond acceptors (Lipinski definition) is 2. The maximum Gasteiger partial charge on any atom is 0.120 e. The fourth-order valence-electron chi connectivity index (χ4n) is 0.683. The summed E-state index contributed by atoms with van der Waals surface area (Å²) in [5, 5.41) is 9.03. The van der Waals surface area contributed by atoms with Gasteiger partial charge >= 0.3 is 0 Å². The van der Waals surface area contributed by atoms with Crippen LogP contribution in [-0.4, -0.2) is 10.6 Å². The van der Waals surface area contributed by atoms with E-state index in [1.165, 1.54) is 0 Å². The van der Waals surface area contributed by atoms with E-state index in [0.29, 0.717) is 6.54 Å². The second kappa shape index (κ2) is 3.87. The van der Waals surface area contributed by atoms with E-state index in [0.717, 1.165) is 5.56 Å². The Labute approximate surface area is 59.4 Å². The van der Waals surface area contributed by atoms with Crippen LogP contribution in [0.2, 0.25) is 0 Å². The van der Waals surface area contributed by atoms with Gasteiger partial charge in [-0.05, 0) is 6.07 Å². The van der Waals surface area contributed by atoms with Crippen molar-refractivity contribution in [3.63, 3.8) is 0 Å². The number of benzene rings is 1. The Kier molecular flexibility index (Phi) is 3.46. The summed E-state index contributed by atoms with van der Waals surface area (Å²) in [5.41, 5.74) is 6.08. The third kappa shape index (κ3) is 1.72. The molecule has 3 nitrogen and oxygen atoms in total. The first-order valence-electron chi connectivity index (χ1n) is 2.81. The predicted octanol–water partition coefficient (Wildman–Crippen LogP) is 0.0262. The van der Waals surface area contributed by atoms with Crippen LogP contribution in [0.1, 0.15) is 5.56 Å². The van der Waals surface area contributed by atoms with Crippen LogP contribution in [0.15, 0.2) is 24.3 Å². The summed E-state index contributed by atoms with van der Waals surface area (Å²) in [6.07, 6.45) is 0. The molecule has 0 saturated carbocycles. The number of aromatic hydroxyl groups is 1. The standard InChI is InChI=1S/C7H9NO.H2O/c8-5-6-3-1-2-4-7(6)9;/h1-4,9H,5,8H2;1H2. The first kappa shape index (κ1) is 8.94. The number of nitrogens with two attached hydrogens (primary N) is 1. The van der Waals surface area contributed by atoms with Crippen molar-refractivity contribution >= 4 is 0 Å². The van der Waals surface area contributed by atoms with E-state index in [2.05, 4.69) is 0 Å². The Morgan fingerprint density at radius 2 is 1.90 bits per heavy atom. The molecule has 0 bridgehead atoms. The zero-order chi connectivity index (χ0) is 6.69. The maximum atomic E-state index is 9.03. The van der Waals surface area contributed by atoms with Crippen LogP contribution < -0.4 is 5.73 Å². The van der Waals surface area contributed by atoms with Crippen molar-refractivity contribution in [2.75, 3.05) is 0 Å². The van der Waals surface area contributed by atoms with E-state index in [-0.39, 0.29) is 11.2 Å². The van der Waals surface area contributed by atoms with Gasteiger partial charge in [-0.2, -0.15) is 0 Å². The van der Waals surface area contributed by atoms with Gasteiger partial charge in [0, 0.05) is 12.1 Å². The van der Waals surface area contributed by atoms with Crippen molar-refractivity contribution in [2.24, 2.45) is 5.73 Å². The largest absolute Gasteiger partial charge is 0.508 e. The number of phenolic OH excluding ortho intramolecular Hbond substituents is 1. The molecular formula is C7H11NO2. The second-order valence-electron chi connectivity index (χ2n) is 1.83. The van der Waals surface area contributed by atoms with Gasteiger partial charge in [-0.3, -0.25) is 0 Å². The van der Waals surface area contributed by atoms with Gasteiger partial charge in [0.05, 0.1) is 0 Å². The molecule has 1 aromatic carbocycles. The van der Waals surface area contributed by atoms with Gasteiger partial charge in [0.25, 0.3) is 0 Å². The van der Waals surface area contributed by atoms with Crippen LogP contribution in [0.4, 0.5) is 0 Å². The van der Waals surface area contributed by atoms with E-state index in [9.17, 15) is 0 Å². The van der Waals surface area contributed by atoms with Crippen LogP contribution >= 0.6 is 0 Å². The summed E-state index contributed by atoms with van der Waals surface area (Å²) in [5.74, 6) is 0.278. The molecule has 0 aromatic heterocycles. The molecule has 0 fully saturated rings. The average Bonchev–Trinajstić information content (AvgIpc) is 1.89. The highest BCUT2D eigenvalue weighted by molar-refractivity contribution is 5.31. The molecule has 0 radical (unpaired) electrons. The lowest BCUT2D eigenvalue weighted by Crippen LogP contribution is -1.95. The van der Waals surface area contributed by atoms with E-state index >= 15 is 0 Å². The summed E-state index contributed by atoms with van der Waals surface area (Å²) in [7, 11) is 0. The number of hydrogen-bond donors (Lipinski definition) is 2. The fourth-order valence-corrected chi connectivity index (χ4v) is 0.683. The SMILES string of the molecule is NCc1ccccc1O.O. The first-order chi connectivity index (χ1) is 4.34. The Hall–Kier alpha value is -1.06. The summed E-state index contributed by atoms with van der Waals surface area (Å²) in [6.45, 7) is 0.396. The molecule has 0 aliphatic rings. The number of para-hydroxylation sites is 1. The quantitative estimate of drug-likeness (QED) is 0.578. The Morgan fingerprint density at radius 3 is 2.30 bits per heavy atom. The zero-order valence-electron chi connectivity index (χ0n) is 5.54. The summed E-state index contributed by atoms with van der Waals surface area (Å²) >= 11 is 0. The Balaban J connectivity index is 0.000000810. The molecule has 0 heterocycles. The minimum absolute atomic E-state index is 0. The van der Waals surface area contributed by atoms with Crippen LogP contribution in [0.5, 0.6) is 5.75 Å². The molecular weight excluding hydrogens is 130 g/mol. The van der Waals surface area contributed by atoms with E-state index in [1.54, 1.807) is 18.2 Å². The highest BCUT2D eigenvalue weighted by Crippen LogP contribution is 2.13. The Morgan fingerprint density at radius 1 is 1.30 bits per heavy atom. The van der Waals surface area contributed by atoms with Crippen molar-refractivity contribution in [1.82, 2.24) is 0 Å². The van der Waals surface area contributed by atoms with Crippen LogP contribution in [0.25, 0.3) is 0 Å². The normalized spacial score (nSPS) is 8.50. The third-order valence-corrected chi connectivity index (χ3v) is 1.21. The second-order valence-corrected chi connectivity index (χ2v) is 1.83. The molecule has 56 valence electrons.